The van der Waals surface area contributed by atoms with Gasteiger partial charge in [-0.3, -0.25) is 4.79 Å². The van der Waals surface area contributed by atoms with Crippen LogP contribution in [0.5, 0.6) is 0 Å². The molecule has 1 aliphatic heterocycles. The number of carbonyl (C=O) groups is 1. The highest BCUT2D eigenvalue weighted by atomic mass is 32.2. The van der Waals surface area contributed by atoms with E-state index < -0.39 is 9.84 Å². The van der Waals surface area contributed by atoms with E-state index >= 15 is 0 Å². The highest BCUT2D eigenvalue weighted by Gasteiger charge is 2.33. The van der Waals surface area contributed by atoms with Gasteiger partial charge < -0.3 is 9.88 Å². The Morgan fingerprint density at radius 1 is 1.35 bits per heavy atom. The third-order valence-corrected chi connectivity index (χ3v) is 6.34. The van der Waals surface area contributed by atoms with Gasteiger partial charge in [0, 0.05) is 36.1 Å². The van der Waals surface area contributed by atoms with Gasteiger partial charge in [0.25, 0.3) is 0 Å². The minimum absolute atomic E-state index is 0.0416. The fraction of sp³-hybridized carbons (Fsp3) is 0.471. The summed E-state index contributed by atoms with van der Waals surface area (Å²) in [5, 5.41) is 1.15. The van der Waals surface area contributed by atoms with Gasteiger partial charge in [0.1, 0.15) is 0 Å². The van der Waals surface area contributed by atoms with Crippen molar-refractivity contribution in [2.45, 2.75) is 32.2 Å². The molecule has 0 saturated carbocycles. The topological polar surface area (TPSA) is 70.2 Å². The molecule has 1 atom stereocenters. The summed E-state index contributed by atoms with van der Waals surface area (Å²) in [6.45, 7) is 2.47. The van der Waals surface area contributed by atoms with Crippen LogP contribution in [0.1, 0.15) is 25.3 Å². The molecule has 3 rings (SSSR count). The first kappa shape index (κ1) is 16.1. The molecule has 1 amide bonds. The summed E-state index contributed by atoms with van der Waals surface area (Å²) in [5.74, 6) is 0.351. The summed E-state index contributed by atoms with van der Waals surface area (Å²) >= 11 is 0. The second-order valence-corrected chi connectivity index (χ2v) is 8.32. The van der Waals surface area contributed by atoms with Crippen LogP contribution in [0.15, 0.2) is 30.5 Å². The van der Waals surface area contributed by atoms with Gasteiger partial charge in [0.15, 0.2) is 9.84 Å². The molecule has 0 spiro atoms. The standard InChI is InChI=1S/C17H22N2O3S/c1-2-19(14-9-10-23(21,22)12-14)17(20)8-7-13-11-18-16-6-4-3-5-15(13)16/h3-6,11,14,18H,2,7-10,12H2,1H3/t14-/m0/s1. The van der Waals surface area contributed by atoms with Gasteiger partial charge in [0.2, 0.25) is 5.91 Å². The molecule has 0 radical (unpaired) electrons. The number of aromatic nitrogens is 1. The zero-order valence-corrected chi connectivity index (χ0v) is 14.1. The Labute approximate surface area is 136 Å². The number of nitrogens with zero attached hydrogens (tertiary/aromatic N) is 1. The van der Waals surface area contributed by atoms with Gasteiger partial charge in [-0.15, -0.1) is 0 Å². The molecule has 2 heterocycles. The maximum atomic E-state index is 12.5. The predicted octanol–water partition coefficient (Wildman–Crippen LogP) is 2.14. The van der Waals surface area contributed by atoms with E-state index in [1.165, 1.54) is 0 Å². The number of nitrogens with one attached hydrogen (secondary N) is 1. The van der Waals surface area contributed by atoms with Gasteiger partial charge in [0.05, 0.1) is 11.5 Å². The molecular weight excluding hydrogens is 312 g/mol. The van der Waals surface area contributed by atoms with Crippen molar-refractivity contribution in [2.75, 3.05) is 18.1 Å². The van der Waals surface area contributed by atoms with Gasteiger partial charge in [-0.2, -0.15) is 0 Å². The maximum Gasteiger partial charge on any atom is 0.223 e. The molecule has 1 aromatic carbocycles. The summed E-state index contributed by atoms with van der Waals surface area (Å²) in [6, 6.07) is 7.88. The van der Waals surface area contributed by atoms with Crippen LogP contribution >= 0.6 is 0 Å². The SMILES string of the molecule is CCN(C(=O)CCc1c[nH]c2ccccc12)[C@H]1CCS(=O)(=O)C1. The molecule has 124 valence electrons. The minimum atomic E-state index is -2.97. The lowest BCUT2D eigenvalue weighted by molar-refractivity contribution is -0.132. The first-order chi connectivity index (χ1) is 11.0. The molecule has 5 nitrogen and oxygen atoms in total. The fourth-order valence-corrected chi connectivity index (χ4v) is 5.11. The molecular formula is C17H22N2O3S. The van der Waals surface area contributed by atoms with Crippen LogP contribution in [0.2, 0.25) is 0 Å². The molecule has 1 saturated heterocycles. The smallest absolute Gasteiger partial charge is 0.223 e. The van der Waals surface area contributed by atoms with Gasteiger partial charge in [-0.1, -0.05) is 18.2 Å². The molecule has 0 unspecified atom stereocenters. The Morgan fingerprint density at radius 2 is 2.13 bits per heavy atom. The quantitative estimate of drug-likeness (QED) is 0.911. The molecule has 23 heavy (non-hydrogen) atoms. The van der Waals surface area contributed by atoms with Crippen molar-refractivity contribution in [1.82, 2.24) is 9.88 Å². The average Bonchev–Trinajstić information content (AvgIpc) is 3.09. The molecule has 2 aromatic rings. The minimum Gasteiger partial charge on any atom is -0.361 e. The normalized spacial score (nSPS) is 20.0. The van der Waals surface area contributed by atoms with E-state index in [9.17, 15) is 13.2 Å². The monoisotopic (exact) mass is 334 g/mol. The average molecular weight is 334 g/mol. The Bertz CT molecular complexity index is 810. The summed E-state index contributed by atoms with van der Waals surface area (Å²) in [7, 11) is -2.97. The molecule has 0 aliphatic carbocycles. The van der Waals surface area contributed by atoms with E-state index in [0.29, 0.717) is 25.8 Å². The van der Waals surface area contributed by atoms with E-state index in [0.717, 1.165) is 16.5 Å². The lowest BCUT2D eigenvalue weighted by Gasteiger charge is -2.26. The highest BCUT2D eigenvalue weighted by molar-refractivity contribution is 7.91. The summed E-state index contributed by atoms with van der Waals surface area (Å²) in [5.41, 5.74) is 2.20. The number of benzene rings is 1. The number of amides is 1. The maximum absolute atomic E-state index is 12.5. The first-order valence-electron chi connectivity index (χ1n) is 8.05. The van der Waals surface area contributed by atoms with Crippen LogP contribution in [0.4, 0.5) is 0 Å². The van der Waals surface area contributed by atoms with Gasteiger partial charge >= 0.3 is 0 Å². The Balaban J connectivity index is 1.66. The van der Waals surface area contributed by atoms with Crippen molar-refractivity contribution in [3.63, 3.8) is 0 Å². The van der Waals surface area contributed by atoms with Crippen molar-refractivity contribution in [3.05, 3.63) is 36.0 Å². The van der Waals surface area contributed by atoms with Gasteiger partial charge in [-0.25, -0.2) is 8.42 Å². The summed E-state index contributed by atoms with van der Waals surface area (Å²) in [4.78, 5) is 17.5. The number of para-hydroxylation sites is 1. The van der Waals surface area contributed by atoms with Crippen molar-refractivity contribution in [1.29, 1.82) is 0 Å². The molecule has 1 N–H and O–H groups in total. The van der Waals surface area contributed by atoms with Crippen molar-refractivity contribution in [2.24, 2.45) is 0 Å². The highest BCUT2D eigenvalue weighted by Crippen LogP contribution is 2.21. The van der Waals surface area contributed by atoms with Crippen LogP contribution in [0.3, 0.4) is 0 Å². The molecule has 0 bridgehead atoms. The van der Waals surface area contributed by atoms with Crippen LogP contribution in [-0.2, 0) is 21.1 Å². The van der Waals surface area contributed by atoms with Crippen LogP contribution in [-0.4, -0.2) is 48.3 Å². The lowest BCUT2D eigenvalue weighted by Crippen LogP contribution is -2.41. The van der Waals surface area contributed by atoms with E-state index in [2.05, 4.69) is 4.98 Å². The third kappa shape index (κ3) is 3.42. The van der Waals surface area contributed by atoms with Crippen LogP contribution in [0.25, 0.3) is 10.9 Å². The van der Waals surface area contributed by atoms with Crippen molar-refractivity contribution in [3.8, 4) is 0 Å². The first-order valence-corrected chi connectivity index (χ1v) is 9.87. The Kier molecular flexibility index (Phi) is 4.43. The third-order valence-electron chi connectivity index (χ3n) is 4.59. The van der Waals surface area contributed by atoms with E-state index in [-0.39, 0.29) is 23.5 Å². The number of sulfone groups is 1. The van der Waals surface area contributed by atoms with Crippen LogP contribution in [0, 0.1) is 0 Å². The Hall–Kier alpha value is -1.82. The second-order valence-electron chi connectivity index (χ2n) is 6.10. The van der Waals surface area contributed by atoms with Gasteiger partial charge in [-0.05, 0) is 31.4 Å². The van der Waals surface area contributed by atoms with E-state index in [1.54, 1.807) is 4.90 Å². The Morgan fingerprint density at radius 3 is 2.83 bits per heavy atom. The number of hydrogen-bond donors (Lipinski definition) is 1. The number of aromatic amines is 1. The zero-order valence-electron chi connectivity index (χ0n) is 13.3. The van der Waals surface area contributed by atoms with Crippen LogP contribution < -0.4 is 0 Å². The second kappa shape index (κ2) is 6.35. The van der Waals surface area contributed by atoms with Crippen molar-refractivity contribution < 1.29 is 13.2 Å². The summed E-state index contributed by atoms with van der Waals surface area (Å²) in [6.07, 6.45) is 3.59. The lowest BCUT2D eigenvalue weighted by atomic mass is 10.1. The number of hydrogen-bond acceptors (Lipinski definition) is 3. The fourth-order valence-electron chi connectivity index (χ4n) is 3.38. The van der Waals surface area contributed by atoms with E-state index in [1.807, 2.05) is 37.4 Å². The molecule has 1 aromatic heterocycles. The molecule has 1 fully saturated rings. The largest absolute Gasteiger partial charge is 0.361 e. The molecule has 1 aliphatic rings. The molecule has 6 heteroatoms. The number of aryl methyl sites for hydroxylation is 1. The number of H-pyrrole nitrogens is 1. The number of rotatable bonds is 5. The zero-order chi connectivity index (χ0) is 16.4. The number of fused-ring (bicyclic) bond motifs is 1. The number of carbonyl (C=O) groups excluding carboxylic acids is 1. The predicted molar refractivity (Wildman–Crippen MR) is 91.1 cm³/mol. The van der Waals surface area contributed by atoms with Crippen molar-refractivity contribution >= 4 is 26.6 Å². The van der Waals surface area contributed by atoms with E-state index in [4.69, 9.17) is 0 Å². The summed E-state index contributed by atoms with van der Waals surface area (Å²) < 4.78 is 23.3.